The summed E-state index contributed by atoms with van der Waals surface area (Å²) >= 11 is 3.47. The highest BCUT2D eigenvalue weighted by Crippen LogP contribution is 2.37. The van der Waals surface area contributed by atoms with E-state index in [0.29, 0.717) is 13.2 Å². The predicted molar refractivity (Wildman–Crippen MR) is 72.5 cm³/mol. The molecule has 4 heteroatoms. The van der Waals surface area contributed by atoms with E-state index in [9.17, 15) is 5.26 Å². The van der Waals surface area contributed by atoms with Crippen molar-refractivity contribution in [3.63, 3.8) is 0 Å². The van der Waals surface area contributed by atoms with Gasteiger partial charge in [0.15, 0.2) is 0 Å². The quantitative estimate of drug-likeness (QED) is 0.860. The molecule has 0 spiro atoms. The highest BCUT2D eigenvalue weighted by Gasteiger charge is 2.33. The number of halogens is 1. The van der Waals surface area contributed by atoms with Crippen LogP contribution in [0.1, 0.15) is 18.4 Å². The van der Waals surface area contributed by atoms with E-state index in [1.807, 2.05) is 18.2 Å². The maximum atomic E-state index is 9.48. The predicted octanol–water partition coefficient (Wildman–Crippen LogP) is 3.32. The van der Waals surface area contributed by atoms with E-state index in [1.54, 1.807) is 7.11 Å². The Hall–Kier alpha value is -1.05. The van der Waals surface area contributed by atoms with Crippen LogP contribution in [0, 0.1) is 16.7 Å². The zero-order chi connectivity index (χ0) is 13.0. The van der Waals surface area contributed by atoms with Crippen molar-refractivity contribution in [1.29, 1.82) is 5.26 Å². The molecule has 1 fully saturated rings. The fourth-order valence-electron chi connectivity index (χ4n) is 2.34. The van der Waals surface area contributed by atoms with Gasteiger partial charge in [-0.05, 0) is 43.0 Å². The molecule has 1 saturated heterocycles. The lowest BCUT2D eigenvalue weighted by atomic mass is 9.76. The maximum Gasteiger partial charge on any atom is 0.122 e. The lowest BCUT2D eigenvalue weighted by Gasteiger charge is -2.31. The molecule has 0 saturated carbocycles. The lowest BCUT2D eigenvalue weighted by Crippen LogP contribution is -2.30. The summed E-state index contributed by atoms with van der Waals surface area (Å²) in [5.74, 6) is 0.847. The van der Waals surface area contributed by atoms with Crippen LogP contribution in [0.15, 0.2) is 22.7 Å². The Balaban J connectivity index is 2.26. The van der Waals surface area contributed by atoms with Gasteiger partial charge in [-0.1, -0.05) is 15.9 Å². The van der Waals surface area contributed by atoms with Gasteiger partial charge in [0.2, 0.25) is 0 Å². The third kappa shape index (κ3) is 2.85. The summed E-state index contributed by atoms with van der Waals surface area (Å²) in [6.07, 6.45) is 2.30. The molecule has 0 bridgehead atoms. The van der Waals surface area contributed by atoms with Crippen molar-refractivity contribution < 1.29 is 9.47 Å². The molecule has 0 radical (unpaired) electrons. The molecule has 0 amide bonds. The minimum absolute atomic E-state index is 0.313. The maximum absolute atomic E-state index is 9.48. The Bertz CT molecular complexity index is 461. The van der Waals surface area contributed by atoms with E-state index in [2.05, 4.69) is 22.0 Å². The normalized spacial score (nSPS) is 18.1. The topological polar surface area (TPSA) is 42.2 Å². The van der Waals surface area contributed by atoms with E-state index in [4.69, 9.17) is 9.47 Å². The van der Waals surface area contributed by atoms with Gasteiger partial charge in [0.05, 0.1) is 18.6 Å². The summed E-state index contributed by atoms with van der Waals surface area (Å²) in [6, 6.07) is 8.41. The van der Waals surface area contributed by atoms with Gasteiger partial charge in [0, 0.05) is 17.7 Å². The molecule has 0 aliphatic carbocycles. The van der Waals surface area contributed by atoms with E-state index >= 15 is 0 Å². The molecule has 1 aliphatic heterocycles. The van der Waals surface area contributed by atoms with E-state index in [1.165, 1.54) is 0 Å². The summed E-state index contributed by atoms with van der Waals surface area (Å²) in [5.41, 5.74) is 0.766. The molecule has 0 aromatic heterocycles. The fraction of sp³-hybridized carbons (Fsp3) is 0.500. The molecule has 18 heavy (non-hydrogen) atoms. The molecule has 1 aromatic carbocycles. The van der Waals surface area contributed by atoms with Crippen molar-refractivity contribution in [1.82, 2.24) is 0 Å². The Labute approximate surface area is 116 Å². The summed E-state index contributed by atoms with van der Waals surface area (Å²) in [4.78, 5) is 0. The summed E-state index contributed by atoms with van der Waals surface area (Å²) in [7, 11) is 1.66. The molecule has 0 atom stereocenters. The number of methoxy groups -OCH3 is 1. The van der Waals surface area contributed by atoms with Gasteiger partial charge in [0.25, 0.3) is 0 Å². The van der Waals surface area contributed by atoms with Crippen molar-refractivity contribution in [3.8, 4) is 11.8 Å². The molecule has 96 valence electrons. The van der Waals surface area contributed by atoms with Gasteiger partial charge in [-0.15, -0.1) is 0 Å². The molecule has 0 N–H and O–H groups in total. The molecule has 0 unspecified atom stereocenters. The second kappa shape index (κ2) is 5.73. The average Bonchev–Trinajstić information content (AvgIpc) is 2.40. The van der Waals surface area contributed by atoms with Crippen molar-refractivity contribution in [2.45, 2.75) is 19.3 Å². The SMILES string of the molecule is COc1ccc(Br)cc1CC1(C#N)CCOCC1. The largest absolute Gasteiger partial charge is 0.496 e. The van der Waals surface area contributed by atoms with Crippen molar-refractivity contribution in [2.75, 3.05) is 20.3 Å². The van der Waals surface area contributed by atoms with Gasteiger partial charge >= 0.3 is 0 Å². The summed E-state index contributed by atoms with van der Waals surface area (Å²) in [6.45, 7) is 1.34. The molecule has 1 aliphatic rings. The molecule has 3 nitrogen and oxygen atoms in total. The van der Waals surface area contributed by atoms with Crippen LogP contribution in [0.2, 0.25) is 0 Å². The zero-order valence-corrected chi connectivity index (χ0v) is 12.0. The minimum Gasteiger partial charge on any atom is -0.496 e. The van der Waals surface area contributed by atoms with E-state index in [-0.39, 0.29) is 5.41 Å². The van der Waals surface area contributed by atoms with E-state index < -0.39 is 0 Å². The monoisotopic (exact) mass is 309 g/mol. The fourth-order valence-corrected chi connectivity index (χ4v) is 2.75. The molecule has 1 aromatic rings. The zero-order valence-electron chi connectivity index (χ0n) is 10.4. The first-order valence-electron chi connectivity index (χ1n) is 6.00. The van der Waals surface area contributed by atoms with Crippen LogP contribution in [-0.4, -0.2) is 20.3 Å². The molecule has 2 rings (SSSR count). The summed E-state index contributed by atoms with van der Waals surface area (Å²) in [5, 5.41) is 9.48. The van der Waals surface area contributed by atoms with E-state index in [0.717, 1.165) is 35.0 Å². The number of benzene rings is 1. The van der Waals surface area contributed by atoms with Crippen molar-refractivity contribution in [2.24, 2.45) is 5.41 Å². The standard InChI is InChI=1S/C14H16BrNO2/c1-17-13-3-2-12(15)8-11(13)9-14(10-16)4-6-18-7-5-14/h2-3,8H,4-7,9H2,1H3. The Morgan fingerprint density at radius 3 is 2.78 bits per heavy atom. The molecular weight excluding hydrogens is 294 g/mol. The summed E-state index contributed by atoms with van der Waals surface area (Å²) < 4.78 is 11.7. The second-order valence-corrected chi connectivity index (χ2v) is 5.55. The van der Waals surface area contributed by atoms with Gasteiger partial charge in [0.1, 0.15) is 5.75 Å². The highest BCUT2D eigenvalue weighted by atomic mass is 79.9. The van der Waals surface area contributed by atoms with Gasteiger partial charge in [-0.25, -0.2) is 0 Å². The van der Waals surface area contributed by atoms with Gasteiger partial charge < -0.3 is 9.47 Å². The number of nitriles is 1. The Morgan fingerprint density at radius 1 is 1.44 bits per heavy atom. The number of rotatable bonds is 3. The molecule has 1 heterocycles. The lowest BCUT2D eigenvalue weighted by molar-refractivity contribution is 0.0404. The third-order valence-electron chi connectivity index (χ3n) is 3.46. The second-order valence-electron chi connectivity index (χ2n) is 4.64. The van der Waals surface area contributed by atoms with Crippen molar-refractivity contribution in [3.05, 3.63) is 28.2 Å². The Kier molecular flexibility index (Phi) is 4.26. The smallest absolute Gasteiger partial charge is 0.122 e. The van der Waals surface area contributed by atoms with Crippen LogP contribution in [0.4, 0.5) is 0 Å². The Morgan fingerprint density at radius 2 is 2.17 bits per heavy atom. The number of hydrogen-bond donors (Lipinski definition) is 0. The third-order valence-corrected chi connectivity index (χ3v) is 3.95. The van der Waals surface area contributed by atoms with Gasteiger partial charge in [-0.3, -0.25) is 0 Å². The van der Waals surface area contributed by atoms with Gasteiger partial charge in [-0.2, -0.15) is 5.26 Å². The molecular formula is C14H16BrNO2. The highest BCUT2D eigenvalue weighted by molar-refractivity contribution is 9.10. The van der Waals surface area contributed by atoms with Crippen LogP contribution in [-0.2, 0) is 11.2 Å². The first kappa shape index (κ1) is 13.4. The van der Waals surface area contributed by atoms with Crippen LogP contribution >= 0.6 is 15.9 Å². The van der Waals surface area contributed by atoms with Crippen LogP contribution in [0.5, 0.6) is 5.75 Å². The van der Waals surface area contributed by atoms with Crippen LogP contribution in [0.25, 0.3) is 0 Å². The average molecular weight is 310 g/mol. The number of nitrogens with zero attached hydrogens (tertiary/aromatic N) is 1. The first-order valence-corrected chi connectivity index (χ1v) is 6.80. The minimum atomic E-state index is -0.313. The first-order chi connectivity index (χ1) is 8.69. The van der Waals surface area contributed by atoms with Crippen LogP contribution < -0.4 is 4.74 Å². The number of hydrogen-bond acceptors (Lipinski definition) is 3. The number of ether oxygens (including phenoxy) is 2. The van der Waals surface area contributed by atoms with Crippen LogP contribution in [0.3, 0.4) is 0 Å². The van der Waals surface area contributed by atoms with Crippen molar-refractivity contribution >= 4 is 15.9 Å².